The molecule has 0 bridgehead atoms. The predicted molar refractivity (Wildman–Crippen MR) is 65.7 cm³/mol. The van der Waals surface area contributed by atoms with Crippen LogP contribution in [-0.4, -0.2) is 23.7 Å². The van der Waals surface area contributed by atoms with Crippen LogP contribution in [0.2, 0.25) is 0 Å². The SMILES string of the molecule is Cc1ccnc(NC(C)C2CCCO2)c1C#N. The number of anilines is 1. The van der Waals surface area contributed by atoms with E-state index in [0.29, 0.717) is 11.4 Å². The minimum Gasteiger partial charge on any atom is -0.376 e. The average Bonchev–Trinajstić information content (AvgIpc) is 2.82. The molecule has 4 nitrogen and oxygen atoms in total. The molecule has 1 aliphatic rings. The summed E-state index contributed by atoms with van der Waals surface area (Å²) in [5, 5.41) is 12.4. The maximum absolute atomic E-state index is 9.12. The summed E-state index contributed by atoms with van der Waals surface area (Å²) in [5.74, 6) is 0.663. The summed E-state index contributed by atoms with van der Waals surface area (Å²) >= 11 is 0. The lowest BCUT2D eigenvalue weighted by molar-refractivity contribution is 0.0995. The van der Waals surface area contributed by atoms with Gasteiger partial charge >= 0.3 is 0 Å². The molecule has 2 atom stereocenters. The number of nitrogens with zero attached hydrogens (tertiary/aromatic N) is 2. The highest BCUT2D eigenvalue weighted by atomic mass is 16.5. The van der Waals surface area contributed by atoms with E-state index in [4.69, 9.17) is 10.00 Å². The molecule has 0 radical (unpaired) electrons. The van der Waals surface area contributed by atoms with Gasteiger partial charge in [-0.3, -0.25) is 0 Å². The van der Waals surface area contributed by atoms with Gasteiger partial charge in [0.05, 0.1) is 17.7 Å². The molecule has 0 aromatic carbocycles. The number of hydrogen-bond donors (Lipinski definition) is 1. The van der Waals surface area contributed by atoms with Crippen LogP contribution < -0.4 is 5.32 Å². The molecule has 0 amide bonds. The molecule has 17 heavy (non-hydrogen) atoms. The first-order valence-corrected chi connectivity index (χ1v) is 5.96. The van der Waals surface area contributed by atoms with Crippen molar-refractivity contribution in [3.63, 3.8) is 0 Å². The van der Waals surface area contributed by atoms with Crippen molar-refractivity contribution in [3.8, 4) is 6.07 Å². The molecule has 0 saturated carbocycles. The van der Waals surface area contributed by atoms with E-state index in [1.165, 1.54) is 0 Å². The Morgan fingerprint density at radius 1 is 1.65 bits per heavy atom. The van der Waals surface area contributed by atoms with Gasteiger partial charge in [-0.25, -0.2) is 4.98 Å². The van der Waals surface area contributed by atoms with Gasteiger partial charge in [0.25, 0.3) is 0 Å². The van der Waals surface area contributed by atoms with Crippen LogP contribution in [0.5, 0.6) is 0 Å². The van der Waals surface area contributed by atoms with Gasteiger partial charge in [0.1, 0.15) is 11.9 Å². The first-order chi connectivity index (χ1) is 8.22. The highest BCUT2D eigenvalue weighted by Gasteiger charge is 2.23. The lowest BCUT2D eigenvalue weighted by Crippen LogP contribution is -2.30. The smallest absolute Gasteiger partial charge is 0.144 e. The average molecular weight is 231 g/mol. The minimum absolute atomic E-state index is 0.180. The van der Waals surface area contributed by atoms with Crippen LogP contribution in [0.4, 0.5) is 5.82 Å². The number of ether oxygens (including phenoxy) is 1. The third-order valence-corrected chi connectivity index (χ3v) is 3.16. The van der Waals surface area contributed by atoms with E-state index in [-0.39, 0.29) is 12.1 Å². The van der Waals surface area contributed by atoms with E-state index >= 15 is 0 Å². The van der Waals surface area contributed by atoms with E-state index in [0.717, 1.165) is 25.0 Å². The monoisotopic (exact) mass is 231 g/mol. The fraction of sp³-hybridized carbons (Fsp3) is 0.538. The molecule has 90 valence electrons. The van der Waals surface area contributed by atoms with Crippen molar-refractivity contribution in [3.05, 3.63) is 23.4 Å². The van der Waals surface area contributed by atoms with Crippen molar-refractivity contribution in [2.45, 2.75) is 38.8 Å². The number of hydrogen-bond acceptors (Lipinski definition) is 4. The summed E-state index contributed by atoms with van der Waals surface area (Å²) in [7, 11) is 0. The van der Waals surface area contributed by atoms with Gasteiger partial charge in [-0.05, 0) is 38.3 Å². The summed E-state index contributed by atoms with van der Waals surface area (Å²) in [5.41, 5.74) is 1.57. The summed E-state index contributed by atoms with van der Waals surface area (Å²) < 4.78 is 5.62. The highest BCUT2D eigenvalue weighted by molar-refractivity contribution is 5.55. The molecule has 1 saturated heterocycles. The van der Waals surface area contributed by atoms with Crippen LogP contribution in [0.25, 0.3) is 0 Å². The normalized spacial score (nSPS) is 20.9. The molecule has 1 N–H and O–H groups in total. The fourth-order valence-corrected chi connectivity index (χ4v) is 2.11. The number of nitrogens with one attached hydrogen (secondary N) is 1. The Labute approximate surface area is 102 Å². The second-order valence-electron chi connectivity index (χ2n) is 4.45. The molecular formula is C13H17N3O. The van der Waals surface area contributed by atoms with Crippen molar-refractivity contribution in [1.82, 2.24) is 4.98 Å². The molecule has 1 fully saturated rings. The van der Waals surface area contributed by atoms with E-state index < -0.39 is 0 Å². The fourth-order valence-electron chi connectivity index (χ4n) is 2.11. The summed E-state index contributed by atoms with van der Waals surface area (Å²) in [4.78, 5) is 4.23. The van der Waals surface area contributed by atoms with Crippen LogP contribution in [0.3, 0.4) is 0 Å². The van der Waals surface area contributed by atoms with Gasteiger partial charge in [-0.15, -0.1) is 0 Å². The molecular weight excluding hydrogens is 214 g/mol. The molecule has 2 unspecified atom stereocenters. The number of aryl methyl sites for hydroxylation is 1. The molecule has 2 rings (SSSR count). The van der Waals surface area contributed by atoms with Gasteiger partial charge in [-0.2, -0.15) is 5.26 Å². The Hall–Kier alpha value is -1.60. The third-order valence-electron chi connectivity index (χ3n) is 3.16. The van der Waals surface area contributed by atoms with Gasteiger partial charge in [0.15, 0.2) is 0 Å². The van der Waals surface area contributed by atoms with Crippen molar-refractivity contribution in [2.24, 2.45) is 0 Å². The first kappa shape index (κ1) is 11.9. The van der Waals surface area contributed by atoms with Crippen molar-refractivity contribution in [1.29, 1.82) is 5.26 Å². The zero-order chi connectivity index (χ0) is 12.3. The van der Waals surface area contributed by atoms with E-state index in [1.54, 1.807) is 6.20 Å². The Bertz CT molecular complexity index is 433. The molecule has 4 heteroatoms. The second-order valence-corrected chi connectivity index (χ2v) is 4.45. The van der Waals surface area contributed by atoms with Crippen LogP contribution in [-0.2, 0) is 4.74 Å². The third kappa shape index (κ3) is 2.56. The van der Waals surface area contributed by atoms with Gasteiger partial charge in [0.2, 0.25) is 0 Å². The maximum Gasteiger partial charge on any atom is 0.144 e. The number of rotatable bonds is 3. The van der Waals surface area contributed by atoms with Crippen molar-refractivity contribution < 1.29 is 4.74 Å². The van der Waals surface area contributed by atoms with Gasteiger partial charge < -0.3 is 10.1 Å². The standard InChI is InChI=1S/C13H17N3O/c1-9-5-6-15-13(11(9)8-14)16-10(2)12-4-3-7-17-12/h5-6,10,12H,3-4,7H2,1-2H3,(H,15,16). The molecule has 2 heterocycles. The highest BCUT2D eigenvalue weighted by Crippen LogP contribution is 2.21. The summed E-state index contributed by atoms with van der Waals surface area (Å²) in [6.45, 7) is 4.83. The van der Waals surface area contributed by atoms with Gasteiger partial charge in [-0.1, -0.05) is 0 Å². The van der Waals surface area contributed by atoms with E-state index in [2.05, 4.69) is 23.3 Å². The van der Waals surface area contributed by atoms with Crippen LogP contribution in [0, 0.1) is 18.3 Å². The van der Waals surface area contributed by atoms with Crippen LogP contribution >= 0.6 is 0 Å². The van der Waals surface area contributed by atoms with Crippen molar-refractivity contribution >= 4 is 5.82 Å². The molecule has 0 aliphatic carbocycles. The van der Waals surface area contributed by atoms with Crippen LogP contribution in [0.1, 0.15) is 30.9 Å². The number of nitriles is 1. The molecule has 1 aromatic rings. The second kappa shape index (κ2) is 5.15. The van der Waals surface area contributed by atoms with Crippen LogP contribution in [0.15, 0.2) is 12.3 Å². The number of pyridine rings is 1. The quantitative estimate of drug-likeness (QED) is 0.866. The van der Waals surface area contributed by atoms with Gasteiger partial charge in [0, 0.05) is 12.8 Å². The summed E-state index contributed by atoms with van der Waals surface area (Å²) in [6.07, 6.45) is 4.13. The van der Waals surface area contributed by atoms with E-state index in [9.17, 15) is 0 Å². The topological polar surface area (TPSA) is 57.9 Å². The van der Waals surface area contributed by atoms with Crippen molar-refractivity contribution in [2.75, 3.05) is 11.9 Å². The Morgan fingerprint density at radius 3 is 3.12 bits per heavy atom. The largest absolute Gasteiger partial charge is 0.376 e. The lowest BCUT2D eigenvalue weighted by atomic mass is 10.1. The predicted octanol–water partition coefficient (Wildman–Crippen LogP) is 2.24. The lowest BCUT2D eigenvalue weighted by Gasteiger charge is -2.21. The maximum atomic E-state index is 9.12. The Balaban J connectivity index is 2.13. The Morgan fingerprint density at radius 2 is 2.47 bits per heavy atom. The first-order valence-electron chi connectivity index (χ1n) is 5.96. The minimum atomic E-state index is 0.180. The number of aromatic nitrogens is 1. The zero-order valence-corrected chi connectivity index (χ0v) is 10.2. The molecule has 1 aromatic heterocycles. The molecule has 1 aliphatic heterocycles. The van der Waals surface area contributed by atoms with E-state index in [1.807, 2.05) is 13.0 Å². The zero-order valence-electron chi connectivity index (χ0n) is 10.2. The molecule has 0 spiro atoms. The summed E-state index contributed by atoms with van der Waals surface area (Å²) in [6, 6.07) is 4.22. The Kier molecular flexibility index (Phi) is 3.60.